The Bertz CT molecular complexity index is 199. The van der Waals surface area contributed by atoms with E-state index in [1.54, 1.807) is 4.08 Å². The summed E-state index contributed by atoms with van der Waals surface area (Å²) in [5.74, 6) is 0.334. The lowest BCUT2D eigenvalue weighted by Crippen LogP contribution is -2.07. The van der Waals surface area contributed by atoms with Crippen LogP contribution in [0.25, 0.3) is 0 Å². The lowest BCUT2D eigenvalue weighted by Gasteiger charge is -2.08. The molecular formula is C8H12Cl2IN. The van der Waals surface area contributed by atoms with Crippen LogP contribution in [0, 0.1) is 5.92 Å². The molecule has 0 spiro atoms. The first kappa shape index (κ1) is 12.7. The summed E-state index contributed by atoms with van der Waals surface area (Å²) in [6.45, 7) is 5.90. The van der Waals surface area contributed by atoms with Gasteiger partial charge in [0.15, 0.2) is 0 Å². The Labute approximate surface area is 97.4 Å². The summed E-state index contributed by atoms with van der Waals surface area (Å²) in [7, 11) is 0. The average molecular weight is 320 g/mol. The standard InChI is InChI=1S/C8H12Cl2IN/c1-5(2)8(10)12-6(3)7(9)4-11/h4-5,8H,1-3H3/b7-4+,12-6?. The van der Waals surface area contributed by atoms with Crippen LogP contribution in [0.4, 0.5) is 0 Å². The summed E-state index contributed by atoms with van der Waals surface area (Å²) in [5, 5.41) is 0.655. The van der Waals surface area contributed by atoms with E-state index in [-0.39, 0.29) is 5.50 Å². The van der Waals surface area contributed by atoms with E-state index in [9.17, 15) is 0 Å². The fourth-order valence-corrected chi connectivity index (χ4v) is 1.12. The van der Waals surface area contributed by atoms with Crippen LogP contribution in [-0.2, 0) is 0 Å². The Morgan fingerprint density at radius 1 is 1.50 bits per heavy atom. The topological polar surface area (TPSA) is 12.4 Å². The molecule has 0 fully saturated rings. The first-order chi connectivity index (χ1) is 5.49. The number of rotatable bonds is 3. The lowest BCUT2D eigenvalue weighted by molar-refractivity contribution is 0.618. The highest BCUT2D eigenvalue weighted by Gasteiger charge is 2.08. The minimum Gasteiger partial charge on any atom is -0.269 e. The van der Waals surface area contributed by atoms with Crippen LogP contribution >= 0.6 is 45.8 Å². The zero-order valence-corrected chi connectivity index (χ0v) is 11.0. The predicted octanol–water partition coefficient (Wildman–Crippen LogP) is 4.18. The molecule has 4 heteroatoms. The summed E-state index contributed by atoms with van der Waals surface area (Å²) in [6.07, 6.45) is 0. The second-order valence-electron chi connectivity index (χ2n) is 2.79. The van der Waals surface area contributed by atoms with Crippen LogP contribution in [0.5, 0.6) is 0 Å². The molecule has 0 amide bonds. The van der Waals surface area contributed by atoms with Crippen LogP contribution < -0.4 is 0 Å². The Morgan fingerprint density at radius 2 is 2.00 bits per heavy atom. The second kappa shape index (κ2) is 6.22. The molecule has 70 valence electrons. The smallest absolute Gasteiger partial charge is 0.126 e. The van der Waals surface area contributed by atoms with Crippen molar-refractivity contribution in [2.24, 2.45) is 10.9 Å². The monoisotopic (exact) mass is 319 g/mol. The van der Waals surface area contributed by atoms with Gasteiger partial charge in [0, 0.05) is 0 Å². The fraction of sp³-hybridized carbons (Fsp3) is 0.625. The van der Waals surface area contributed by atoms with Crippen LogP contribution in [-0.4, -0.2) is 11.2 Å². The van der Waals surface area contributed by atoms with Gasteiger partial charge in [-0.15, -0.1) is 0 Å². The van der Waals surface area contributed by atoms with Gasteiger partial charge in [-0.2, -0.15) is 0 Å². The van der Waals surface area contributed by atoms with E-state index in [2.05, 4.69) is 27.6 Å². The molecule has 1 unspecified atom stereocenters. The molecule has 0 aliphatic rings. The summed E-state index contributed by atoms with van der Waals surface area (Å²) in [4.78, 5) is 4.22. The van der Waals surface area contributed by atoms with Crippen LogP contribution in [0.3, 0.4) is 0 Å². The maximum Gasteiger partial charge on any atom is 0.126 e. The van der Waals surface area contributed by atoms with Gasteiger partial charge in [0.25, 0.3) is 0 Å². The molecule has 0 aromatic carbocycles. The minimum absolute atomic E-state index is 0.185. The van der Waals surface area contributed by atoms with E-state index in [1.807, 2.05) is 20.8 Å². The van der Waals surface area contributed by atoms with Gasteiger partial charge in [0.2, 0.25) is 0 Å². The van der Waals surface area contributed by atoms with Gasteiger partial charge in [0.1, 0.15) is 5.50 Å². The molecule has 0 aliphatic heterocycles. The van der Waals surface area contributed by atoms with Crippen molar-refractivity contribution in [3.8, 4) is 0 Å². The predicted molar refractivity (Wildman–Crippen MR) is 65.5 cm³/mol. The summed E-state index contributed by atoms with van der Waals surface area (Å²) < 4.78 is 1.78. The van der Waals surface area contributed by atoms with Crippen molar-refractivity contribution in [2.45, 2.75) is 26.3 Å². The number of halogens is 3. The lowest BCUT2D eigenvalue weighted by atomic mass is 10.2. The molecule has 0 heterocycles. The third-order valence-electron chi connectivity index (χ3n) is 1.31. The Balaban J connectivity index is 4.35. The zero-order valence-electron chi connectivity index (χ0n) is 7.31. The molecule has 1 nitrogen and oxygen atoms in total. The number of alkyl halides is 1. The molecule has 0 radical (unpaired) electrons. The van der Waals surface area contributed by atoms with Crippen LogP contribution in [0.15, 0.2) is 14.1 Å². The van der Waals surface area contributed by atoms with Crippen molar-refractivity contribution in [2.75, 3.05) is 0 Å². The highest BCUT2D eigenvalue weighted by Crippen LogP contribution is 2.15. The molecule has 1 atom stereocenters. The maximum absolute atomic E-state index is 5.94. The van der Waals surface area contributed by atoms with Crippen molar-refractivity contribution in [1.29, 1.82) is 0 Å². The summed E-state index contributed by atoms with van der Waals surface area (Å²) in [5.41, 5.74) is 0.606. The molecule has 12 heavy (non-hydrogen) atoms. The van der Waals surface area contributed by atoms with E-state index in [0.717, 1.165) is 5.71 Å². The number of allylic oxidation sites excluding steroid dienone is 1. The van der Waals surface area contributed by atoms with Crippen LogP contribution in [0.2, 0.25) is 0 Å². The van der Waals surface area contributed by atoms with Gasteiger partial charge in [-0.25, -0.2) is 0 Å². The highest BCUT2D eigenvalue weighted by atomic mass is 127. The molecular weight excluding hydrogens is 308 g/mol. The van der Waals surface area contributed by atoms with Crippen molar-refractivity contribution in [1.82, 2.24) is 0 Å². The number of hydrogen-bond acceptors (Lipinski definition) is 1. The van der Waals surface area contributed by atoms with Crippen molar-refractivity contribution < 1.29 is 0 Å². The number of hydrogen-bond donors (Lipinski definition) is 0. The third-order valence-corrected chi connectivity index (χ3v) is 3.28. The highest BCUT2D eigenvalue weighted by molar-refractivity contribution is 14.1. The molecule has 0 aromatic heterocycles. The van der Waals surface area contributed by atoms with Gasteiger partial charge < -0.3 is 0 Å². The molecule has 0 saturated carbocycles. The van der Waals surface area contributed by atoms with E-state index < -0.39 is 0 Å². The summed E-state index contributed by atoms with van der Waals surface area (Å²) >= 11 is 13.8. The van der Waals surface area contributed by atoms with Gasteiger partial charge in [-0.05, 0) is 16.9 Å². The van der Waals surface area contributed by atoms with Crippen molar-refractivity contribution in [3.63, 3.8) is 0 Å². The second-order valence-corrected chi connectivity index (χ2v) is 4.27. The van der Waals surface area contributed by atoms with Gasteiger partial charge >= 0.3 is 0 Å². The van der Waals surface area contributed by atoms with E-state index in [1.165, 1.54) is 0 Å². The van der Waals surface area contributed by atoms with Crippen molar-refractivity contribution in [3.05, 3.63) is 9.12 Å². The summed E-state index contributed by atoms with van der Waals surface area (Å²) in [6, 6.07) is 0. The largest absolute Gasteiger partial charge is 0.269 e. The first-order valence-electron chi connectivity index (χ1n) is 3.63. The maximum atomic E-state index is 5.94. The molecule has 0 saturated heterocycles. The van der Waals surface area contributed by atoms with Gasteiger partial charge in [-0.1, -0.05) is 59.6 Å². The van der Waals surface area contributed by atoms with E-state index >= 15 is 0 Å². The quantitative estimate of drug-likeness (QED) is 0.320. The number of nitrogens with zero attached hydrogens (tertiary/aromatic N) is 1. The number of aliphatic imine (C=N–C) groups is 1. The Kier molecular flexibility index (Phi) is 6.59. The first-order valence-corrected chi connectivity index (χ1v) is 5.69. The molecule has 0 aromatic rings. The molecule has 0 N–H and O–H groups in total. The van der Waals surface area contributed by atoms with Gasteiger partial charge in [0.05, 0.1) is 10.7 Å². The zero-order chi connectivity index (χ0) is 9.72. The normalized spacial score (nSPS) is 16.9. The van der Waals surface area contributed by atoms with Crippen molar-refractivity contribution >= 4 is 51.5 Å². The Morgan fingerprint density at radius 3 is 2.33 bits per heavy atom. The third kappa shape index (κ3) is 4.67. The molecule has 0 bridgehead atoms. The minimum atomic E-state index is -0.185. The van der Waals surface area contributed by atoms with E-state index in [4.69, 9.17) is 23.2 Å². The van der Waals surface area contributed by atoms with Crippen LogP contribution in [0.1, 0.15) is 20.8 Å². The van der Waals surface area contributed by atoms with E-state index in [0.29, 0.717) is 11.0 Å². The SMILES string of the molecule is CC(=NC(Cl)C(C)C)/C(Cl)=C\I. The fourth-order valence-electron chi connectivity index (χ4n) is 0.475. The van der Waals surface area contributed by atoms with Gasteiger partial charge in [-0.3, -0.25) is 4.99 Å². The molecule has 0 aliphatic carbocycles. The average Bonchev–Trinajstić information content (AvgIpc) is 2.02. The Hall–Kier alpha value is 0.720. The molecule has 0 rings (SSSR count).